The molecule has 1 aliphatic rings. The molecule has 6 nitrogen and oxygen atoms in total. The van der Waals surface area contributed by atoms with E-state index >= 15 is 0 Å². The third-order valence-electron chi connectivity index (χ3n) is 4.02. The van der Waals surface area contributed by atoms with Gasteiger partial charge in [0.1, 0.15) is 5.00 Å². The smallest absolute Gasteiger partial charge is 0.341 e. The van der Waals surface area contributed by atoms with Gasteiger partial charge in [0.15, 0.2) is 0 Å². The number of carbonyl (C=O) groups is 2. The number of hydrazone groups is 1. The first kappa shape index (κ1) is 18.4. The maximum absolute atomic E-state index is 12.2. The number of rotatable bonds is 4. The van der Waals surface area contributed by atoms with Gasteiger partial charge in [-0.05, 0) is 48.9 Å². The van der Waals surface area contributed by atoms with Crippen molar-refractivity contribution in [2.24, 2.45) is 5.10 Å². The SMILES string of the molecule is COC(=O)c1c(NC(=O)NN=Cc2cccc(Cl)c2)sc2c1CCCC2. The zero-order chi connectivity index (χ0) is 18.5. The number of carbonyl (C=O) groups excluding carboxylic acids is 2. The first-order chi connectivity index (χ1) is 12.6. The number of nitrogens with one attached hydrogen (secondary N) is 2. The fourth-order valence-corrected chi connectivity index (χ4v) is 4.33. The zero-order valence-corrected chi connectivity index (χ0v) is 15.7. The number of amides is 2. The molecule has 26 heavy (non-hydrogen) atoms. The minimum absolute atomic E-state index is 0.429. The van der Waals surface area contributed by atoms with Gasteiger partial charge in [-0.15, -0.1) is 11.3 Å². The summed E-state index contributed by atoms with van der Waals surface area (Å²) in [5.74, 6) is -0.429. The largest absolute Gasteiger partial charge is 0.465 e. The maximum atomic E-state index is 12.2. The third-order valence-corrected chi connectivity index (χ3v) is 5.46. The Morgan fingerprint density at radius 2 is 2.12 bits per heavy atom. The minimum Gasteiger partial charge on any atom is -0.465 e. The van der Waals surface area contributed by atoms with Gasteiger partial charge in [-0.1, -0.05) is 23.7 Å². The Morgan fingerprint density at radius 1 is 1.31 bits per heavy atom. The van der Waals surface area contributed by atoms with E-state index in [1.165, 1.54) is 24.7 Å². The van der Waals surface area contributed by atoms with Crippen molar-refractivity contribution in [3.05, 3.63) is 50.9 Å². The zero-order valence-electron chi connectivity index (χ0n) is 14.2. The number of hydrogen-bond donors (Lipinski definition) is 2. The molecule has 136 valence electrons. The van der Waals surface area contributed by atoms with Crippen molar-refractivity contribution >= 4 is 46.2 Å². The number of urea groups is 1. The molecule has 0 bridgehead atoms. The number of nitrogens with zero attached hydrogens (tertiary/aromatic N) is 1. The summed E-state index contributed by atoms with van der Waals surface area (Å²) in [6, 6.07) is 6.58. The molecular formula is C18H18ClN3O3S. The summed E-state index contributed by atoms with van der Waals surface area (Å²) in [4.78, 5) is 25.4. The Bertz CT molecular complexity index is 863. The van der Waals surface area contributed by atoms with E-state index in [0.717, 1.165) is 41.7 Å². The lowest BCUT2D eigenvalue weighted by Crippen LogP contribution is -2.24. The number of fused-ring (bicyclic) bond motifs is 1. The second-order valence-electron chi connectivity index (χ2n) is 5.79. The molecule has 8 heteroatoms. The molecule has 0 fully saturated rings. The van der Waals surface area contributed by atoms with Crippen LogP contribution in [0, 0.1) is 0 Å². The predicted octanol–water partition coefficient (Wildman–Crippen LogP) is 4.22. The second-order valence-corrected chi connectivity index (χ2v) is 7.33. The van der Waals surface area contributed by atoms with Crippen molar-refractivity contribution in [1.82, 2.24) is 5.43 Å². The molecule has 0 aliphatic heterocycles. The van der Waals surface area contributed by atoms with E-state index in [9.17, 15) is 9.59 Å². The average molecular weight is 392 g/mol. The van der Waals surface area contributed by atoms with E-state index in [2.05, 4.69) is 15.8 Å². The van der Waals surface area contributed by atoms with Gasteiger partial charge in [-0.2, -0.15) is 5.10 Å². The maximum Gasteiger partial charge on any atom is 0.341 e. The van der Waals surface area contributed by atoms with Crippen molar-refractivity contribution in [3.8, 4) is 0 Å². The fraction of sp³-hybridized carbons (Fsp3) is 0.278. The predicted molar refractivity (Wildman–Crippen MR) is 104 cm³/mol. The van der Waals surface area contributed by atoms with E-state index in [0.29, 0.717) is 15.6 Å². The average Bonchev–Trinajstić information content (AvgIpc) is 2.99. The first-order valence-electron chi connectivity index (χ1n) is 8.17. The lowest BCUT2D eigenvalue weighted by Gasteiger charge is -2.11. The Balaban J connectivity index is 1.71. The van der Waals surface area contributed by atoms with Crippen molar-refractivity contribution in [2.45, 2.75) is 25.7 Å². The van der Waals surface area contributed by atoms with Crippen LogP contribution in [0.3, 0.4) is 0 Å². The normalized spacial score (nSPS) is 13.3. The van der Waals surface area contributed by atoms with E-state index < -0.39 is 12.0 Å². The minimum atomic E-state index is -0.521. The lowest BCUT2D eigenvalue weighted by molar-refractivity contribution is 0.0601. The Morgan fingerprint density at radius 3 is 2.88 bits per heavy atom. The Hall–Kier alpha value is -2.38. The molecule has 2 N–H and O–H groups in total. The fourth-order valence-electron chi connectivity index (χ4n) is 2.86. The van der Waals surface area contributed by atoms with Crippen molar-refractivity contribution in [1.29, 1.82) is 0 Å². The summed E-state index contributed by atoms with van der Waals surface area (Å²) in [7, 11) is 1.34. The van der Waals surface area contributed by atoms with Crippen LogP contribution in [0.5, 0.6) is 0 Å². The number of thiophene rings is 1. The van der Waals surface area contributed by atoms with Crippen LogP contribution in [0.2, 0.25) is 5.02 Å². The summed E-state index contributed by atoms with van der Waals surface area (Å²) in [6.45, 7) is 0. The topological polar surface area (TPSA) is 79.8 Å². The van der Waals surface area contributed by atoms with E-state index in [-0.39, 0.29) is 0 Å². The standard InChI is InChI=1S/C18H18ClN3O3S/c1-25-17(23)15-13-7-2-3-8-14(13)26-16(15)21-18(24)22-20-10-11-5-4-6-12(19)9-11/h4-6,9-10H,2-3,7-8H2,1H3,(H2,21,22,24). The van der Waals surface area contributed by atoms with Gasteiger partial charge in [0, 0.05) is 9.90 Å². The van der Waals surface area contributed by atoms with Crippen LogP contribution in [0.25, 0.3) is 0 Å². The monoisotopic (exact) mass is 391 g/mol. The van der Waals surface area contributed by atoms with Gasteiger partial charge >= 0.3 is 12.0 Å². The molecule has 1 aromatic heterocycles. The van der Waals surface area contributed by atoms with E-state index in [4.69, 9.17) is 16.3 Å². The molecule has 0 saturated carbocycles. The van der Waals surface area contributed by atoms with Crippen LogP contribution in [0.1, 0.15) is 39.2 Å². The van der Waals surface area contributed by atoms with Gasteiger partial charge in [-0.25, -0.2) is 15.0 Å². The van der Waals surface area contributed by atoms with Crippen LogP contribution >= 0.6 is 22.9 Å². The van der Waals surface area contributed by atoms with E-state index in [1.807, 2.05) is 6.07 Å². The molecule has 3 rings (SSSR count). The first-order valence-corrected chi connectivity index (χ1v) is 9.36. The number of esters is 1. The van der Waals surface area contributed by atoms with Crippen molar-refractivity contribution in [2.75, 3.05) is 12.4 Å². The van der Waals surface area contributed by atoms with Gasteiger partial charge in [-0.3, -0.25) is 5.32 Å². The number of anilines is 1. The molecule has 1 heterocycles. The summed E-state index contributed by atoms with van der Waals surface area (Å²) in [6.07, 6.45) is 5.35. The second kappa shape index (κ2) is 8.33. The number of hydrogen-bond acceptors (Lipinski definition) is 5. The molecule has 1 aromatic carbocycles. The third kappa shape index (κ3) is 4.23. The van der Waals surface area contributed by atoms with Crippen LogP contribution < -0.4 is 10.7 Å². The van der Waals surface area contributed by atoms with Crippen LogP contribution in [0.15, 0.2) is 29.4 Å². The highest BCUT2D eigenvalue weighted by Crippen LogP contribution is 2.38. The summed E-state index contributed by atoms with van der Waals surface area (Å²) in [5, 5.41) is 7.69. The Labute approximate surface area is 160 Å². The number of methoxy groups -OCH3 is 1. The summed E-state index contributed by atoms with van der Waals surface area (Å²) >= 11 is 7.32. The van der Waals surface area contributed by atoms with Crippen molar-refractivity contribution in [3.63, 3.8) is 0 Å². The van der Waals surface area contributed by atoms with Crippen LogP contribution in [-0.4, -0.2) is 25.3 Å². The van der Waals surface area contributed by atoms with Gasteiger partial charge in [0.25, 0.3) is 0 Å². The van der Waals surface area contributed by atoms with Crippen molar-refractivity contribution < 1.29 is 14.3 Å². The number of aryl methyl sites for hydroxylation is 1. The summed E-state index contributed by atoms with van der Waals surface area (Å²) < 4.78 is 4.89. The van der Waals surface area contributed by atoms with Crippen LogP contribution in [-0.2, 0) is 17.6 Å². The van der Waals surface area contributed by atoms with Gasteiger partial charge in [0.05, 0.1) is 18.9 Å². The number of benzene rings is 1. The molecule has 0 radical (unpaired) electrons. The number of halogens is 1. The van der Waals surface area contributed by atoms with Gasteiger partial charge in [0.2, 0.25) is 0 Å². The molecule has 0 spiro atoms. The highest BCUT2D eigenvalue weighted by atomic mass is 35.5. The quantitative estimate of drug-likeness (QED) is 0.465. The van der Waals surface area contributed by atoms with E-state index in [1.54, 1.807) is 18.2 Å². The molecule has 1 aliphatic carbocycles. The van der Waals surface area contributed by atoms with Crippen LogP contribution in [0.4, 0.5) is 9.80 Å². The summed E-state index contributed by atoms with van der Waals surface area (Å²) in [5.41, 5.74) is 4.61. The lowest BCUT2D eigenvalue weighted by atomic mass is 9.95. The molecule has 0 atom stereocenters. The molecule has 0 saturated heterocycles. The molecule has 2 amide bonds. The highest BCUT2D eigenvalue weighted by Gasteiger charge is 2.26. The number of ether oxygens (including phenoxy) is 1. The molecule has 0 unspecified atom stereocenters. The van der Waals surface area contributed by atoms with Gasteiger partial charge < -0.3 is 4.74 Å². The molecule has 2 aromatic rings. The highest BCUT2D eigenvalue weighted by molar-refractivity contribution is 7.17. The molecular weight excluding hydrogens is 374 g/mol. The Kier molecular flexibility index (Phi) is 5.90.